The molecule has 1 radical (unpaired) electrons. The summed E-state index contributed by atoms with van der Waals surface area (Å²) in [5, 5.41) is 4.12. The predicted molar refractivity (Wildman–Crippen MR) is 121 cm³/mol. The number of Topliss-reactive ketones (excluding diaryl/α,β-unsaturated/α-hetero) is 2. The van der Waals surface area contributed by atoms with E-state index in [1.165, 1.54) is 23.6 Å². The maximum Gasteiger partial charge on any atom is 0.137 e. The van der Waals surface area contributed by atoms with E-state index in [0.717, 1.165) is 11.4 Å². The van der Waals surface area contributed by atoms with Gasteiger partial charge in [-0.3, -0.25) is 19.6 Å². The van der Waals surface area contributed by atoms with Crippen molar-refractivity contribution in [3.8, 4) is 21.1 Å². The summed E-state index contributed by atoms with van der Waals surface area (Å²) in [5.74, 6) is -0.125. The van der Waals surface area contributed by atoms with E-state index in [1.54, 1.807) is 22.7 Å². The maximum absolute atomic E-state index is 10.0. The molecule has 0 fully saturated rings. The molecule has 0 aliphatic carbocycles. The quantitative estimate of drug-likeness (QED) is 0.258. The van der Waals surface area contributed by atoms with Crippen molar-refractivity contribution in [1.82, 2.24) is 9.97 Å². The fourth-order valence-electron chi connectivity index (χ4n) is 2.22. The number of ketones is 2. The monoisotopic (exact) mass is 615 g/mol. The molecule has 4 heterocycles. The predicted octanol–water partition coefficient (Wildman–Crippen LogP) is 6.17. The summed E-state index contributed by atoms with van der Waals surface area (Å²) in [6, 6.07) is 20.1. The van der Waals surface area contributed by atoms with Gasteiger partial charge in [0.2, 0.25) is 0 Å². The first-order valence-corrected chi connectivity index (χ1v) is 10.7. The second kappa shape index (κ2) is 14.6. The average Bonchev–Trinajstić information content (AvgIpc) is 3.44. The van der Waals surface area contributed by atoms with Gasteiger partial charge in [0.05, 0.1) is 27.6 Å². The molecule has 0 spiro atoms. The molecule has 0 unspecified atom stereocenters. The topological polar surface area (TPSA) is 59.9 Å². The van der Waals surface area contributed by atoms with Gasteiger partial charge in [-0.05, 0) is 61.0 Å². The van der Waals surface area contributed by atoms with Crippen molar-refractivity contribution in [2.45, 2.75) is 20.3 Å². The van der Waals surface area contributed by atoms with Crippen LogP contribution in [0.3, 0.4) is 0 Å². The molecule has 0 atom stereocenters. The van der Waals surface area contributed by atoms with Crippen LogP contribution in [0.15, 0.2) is 83.8 Å². The fourth-order valence-corrected chi connectivity index (χ4v) is 3.62. The van der Waals surface area contributed by atoms with E-state index in [-0.39, 0.29) is 38.1 Å². The van der Waals surface area contributed by atoms with Gasteiger partial charge in [-0.2, -0.15) is 0 Å². The number of hydrogen-bond acceptors (Lipinski definition) is 6. The third kappa shape index (κ3) is 9.94. The number of carbonyl (C=O) groups is 2. The van der Waals surface area contributed by atoms with Crippen LogP contribution in [-0.4, -0.2) is 21.5 Å². The molecular formula is C23H22IrN2O2S2. The van der Waals surface area contributed by atoms with Crippen LogP contribution in [0.4, 0.5) is 0 Å². The van der Waals surface area contributed by atoms with Crippen molar-refractivity contribution in [3.63, 3.8) is 0 Å². The SMILES string of the molecule is CC(=O)CC(C)=O.[Ir].c1ccc(-c2cccs2)nc1.c1ccc(-c2cccs2)nc1. The van der Waals surface area contributed by atoms with Crippen LogP contribution in [0.1, 0.15) is 20.3 Å². The molecule has 30 heavy (non-hydrogen) atoms. The van der Waals surface area contributed by atoms with E-state index in [1.807, 2.05) is 60.9 Å². The molecular weight excluding hydrogens is 593 g/mol. The fraction of sp³-hybridized carbons (Fsp3) is 0.130. The van der Waals surface area contributed by atoms with Crippen molar-refractivity contribution in [1.29, 1.82) is 0 Å². The first-order valence-electron chi connectivity index (χ1n) is 8.95. The summed E-state index contributed by atoms with van der Waals surface area (Å²) < 4.78 is 0. The molecule has 4 rings (SSSR count). The van der Waals surface area contributed by atoms with Crippen molar-refractivity contribution < 1.29 is 29.7 Å². The van der Waals surface area contributed by atoms with Gasteiger partial charge in [0.1, 0.15) is 11.6 Å². The van der Waals surface area contributed by atoms with Gasteiger partial charge in [-0.25, -0.2) is 0 Å². The zero-order chi connectivity index (χ0) is 20.9. The molecule has 0 aliphatic rings. The minimum absolute atomic E-state index is 0. The largest absolute Gasteiger partial charge is 0.300 e. The molecule has 0 aromatic carbocycles. The zero-order valence-electron chi connectivity index (χ0n) is 16.7. The minimum Gasteiger partial charge on any atom is -0.300 e. The molecule has 0 amide bonds. The summed E-state index contributed by atoms with van der Waals surface area (Å²) in [6.45, 7) is 2.81. The summed E-state index contributed by atoms with van der Waals surface area (Å²) in [5.41, 5.74) is 2.12. The molecule has 7 heteroatoms. The molecule has 4 nitrogen and oxygen atoms in total. The summed E-state index contributed by atoms with van der Waals surface area (Å²) >= 11 is 3.43. The third-order valence-electron chi connectivity index (χ3n) is 3.37. The van der Waals surface area contributed by atoms with Crippen molar-refractivity contribution >= 4 is 34.2 Å². The Morgan fingerprint density at radius 1 is 0.700 bits per heavy atom. The van der Waals surface area contributed by atoms with Gasteiger partial charge in [0.25, 0.3) is 0 Å². The van der Waals surface area contributed by atoms with Crippen molar-refractivity contribution in [2.75, 3.05) is 0 Å². The third-order valence-corrected chi connectivity index (χ3v) is 5.16. The number of nitrogens with zero attached hydrogens (tertiary/aromatic N) is 2. The van der Waals surface area contributed by atoms with Crippen molar-refractivity contribution in [3.05, 3.63) is 83.8 Å². The second-order valence-electron chi connectivity index (χ2n) is 5.97. The van der Waals surface area contributed by atoms with E-state index in [0.29, 0.717) is 0 Å². The van der Waals surface area contributed by atoms with Gasteiger partial charge in [0.15, 0.2) is 0 Å². The van der Waals surface area contributed by atoms with E-state index in [2.05, 4.69) is 32.9 Å². The van der Waals surface area contributed by atoms with Crippen LogP contribution < -0.4 is 0 Å². The summed E-state index contributed by atoms with van der Waals surface area (Å²) in [4.78, 5) is 31.0. The maximum atomic E-state index is 10.0. The first-order chi connectivity index (χ1) is 14.1. The number of hydrogen-bond donors (Lipinski definition) is 0. The van der Waals surface area contributed by atoms with Crippen LogP contribution >= 0.6 is 22.7 Å². The van der Waals surface area contributed by atoms with Crippen LogP contribution in [0.5, 0.6) is 0 Å². The van der Waals surface area contributed by atoms with Crippen LogP contribution in [0, 0.1) is 0 Å². The van der Waals surface area contributed by atoms with Crippen LogP contribution in [-0.2, 0) is 29.7 Å². The van der Waals surface area contributed by atoms with E-state index < -0.39 is 0 Å². The Hall–Kier alpha value is -2.31. The normalized spacial score (nSPS) is 9.13. The van der Waals surface area contributed by atoms with Gasteiger partial charge >= 0.3 is 0 Å². The summed E-state index contributed by atoms with van der Waals surface area (Å²) in [7, 11) is 0. The molecule has 0 saturated carbocycles. The standard InChI is InChI=1S/2C9H7NS.C5H8O2.Ir/c2*1-2-6-10-8(4-1)9-5-3-7-11-9;1-4(6)3-5(2)7;/h2*1-7H;3H2,1-2H3;. The Morgan fingerprint density at radius 2 is 1.13 bits per heavy atom. The van der Waals surface area contributed by atoms with Crippen molar-refractivity contribution in [2.24, 2.45) is 0 Å². The molecule has 0 aliphatic heterocycles. The van der Waals surface area contributed by atoms with E-state index >= 15 is 0 Å². The molecule has 157 valence electrons. The zero-order valence-corrected chi connectivity index (χ0v) is 20.7. The minimum atomic E-state index is -0.0625. The number of thiophene rings is 2. The number of pyridine rings is 2. The average molecular weight is 615 g/mol. The Bertz CT molecular complexity index is 893. The molecule has 0 saturated heterocycles. The summed E-state index contributed by atoms with van der Waals surface area (Å²) in [6.07, 6.45) is 3.71. The van der Waals surface area contributed by atoms with Gasteiger partial charge < -0.3 is 0 Å². The second-order valence-corrected chi connectivity index (χ2v) is 7.86. The van der Waals surface area contributed by atoms with Crippen LogP contribution in [0.2, 0.25) is 0 Å². The van der Waals surface area contributed by atoms with Crippen LogP contribution in [0.25, 0.3) is 21.1 Å². The van der Waals surface area contributed by atoms with E-state index in [9.17, 15) is 9.59 Å². The molecule has 4 aromatic heterocycles. The Labute approximate surface area is 198 Å². The van der Waals surface area contributed by atoms with E-state index in [4.69, 9.17) is 0 Å². The molecule has 0 bridgehead atoms. The molecule has 0 N–H and O–H groups in total. The number of carbonyl (C=O) groups excluding carboxylic acids is 2. The number of rotatable bonds is 4. The smallest absolute Gasteiger partial charge is 0.137 e. The van der Waals surface area contributed by atoms with Gasteiger partial charge in [0, 0.05) is 32.5 Å². The van der Waals surface area contributed by atoms with Gasteiger partial charge in [-0.15, -0.1) is 22.7 Å². The Morgan fingerprint density at radius 3 is 1.37 bits per heavy atom. The number of aromatic nitrogens is 2. The molecule has 4 aromatic rings. The van der Waals surface area contributed by atoms with Gasteiger partial charge in [-0.1, -0.05) is 24.3 Å². The first kappa shape index (κ1) is 25.7. The Kier molecular flexibility index (Phi) is 12.6. The Balaban J connectivity index is 0.000000229.